The maximum absolute atomic E-state index is 12.5. The van der Waals surface area contributed by atoms with Gasteiger partial charge < -0.3 is 10.6 Å². The van der Waals surface area contributed by atoms with E-state index in [2.05, 4.69) is 10.6 Å². The van der Waals surface area contributed by atoms with Gasteiger partial charge in [-0.3, -0.25) is 9.59 Å². The molecule has 30 heavy (non-hydrogen) atoms. The normalized spacial score (nSPS) is 14.4. The summed E-state index contributed by atoms with van der Waals surface area (Å²) in [5, 5.41) is 8.20. The van der Waals surface area contributed by atoms with Gasteiger partial charge in [0.1, 0.15) is 0 Å². The van der Waals surface area contributed by atoms with Crippen LogP contribution in [0.3, 0.4) is 0 Å². The second-order valence-electron chi connectivity index (χ2n) is 7.72. The zero-order valence-electron chi connectivity index (χ0n) is 16.9. The molecule has 3 aromatic carbocycles. The lowest BCUT2D eigenvalue weighted by Crippen LogP contribution is -2.24. The number of carbonyl (C=O) groups excluding carboxylic acids is 2. The minimum absolute atomic E-state index is 0.0482. The molecular weight excluding hydrogens is 392 g/mol. The fraction of sp³-hybridized carbons (Fsp3) is 0.280. The molecule has 0 heterocycles. The van der Waals surface area contributed by atoms with Gasteiger partial charge in [0.25, 0.3) is 0 Å². The highest BCUT2D eigenvalue weighted by Gasteiger charge is 2.21. The molecule has 1 fully saturated rings. The number of fused-ring (bicyclic) bond motifs is 1. The second kappa shape index (κ2) is 9.81. The van der Waals surface area contributed by atoms with Crippen LogP contribution in [-0.2, 0) is 9.59 Å². The van der Waals surface area contributed by atoms with E-state index in [1.165, 1.54) is 18.2 Å². The molecule has 1 aliphatic carbocycles. The van der Waals surface area contributed by atoms with E-state index < -0.39 is 0 Å². The molecule has 4 nitrogen and oxygen atoms in total. The summed E-state index contributed by atoms with van der Waals surface area (Å²) >= 11 is 1.47. The fourth-order valence-electron chi connectivity index (χ4n) is 3.94. The van der Waals surface area contributed by atoms with Gasteiger partial charge in [0.2, 0.25) is 11.8 Å². The predicted molar refractivity (Wildman–Crippen MR) is 125 cm³/mol. The van der Waals surface area contributed by atoms with Crippen molar-refractivity contribution >= 4 is 45.7 Å². The third-order valence-corrected chi connectivity index (χ3v) is 6.50. The lowest BCUT2D eigenvalue weighted by molar-refractivity contribution is -0.120. The van der Waals surface area contributed by atoms with Crippen molar-refractivity contribution < 1.29 is 9.59 Å². The van der Waals surface area contributed by atoms with Crippen molar-refractivity contribution in [2.24, 2.45) is 5.92 Å². The first kappa shape index (κ1) is 20.5. The van der Waals surface area contributed by atoms with Gasteiger partial charge in [-0.15, -0.1) is 11.8 Å². The summed E-state index contributed by atoms with van der Waals surface area (Å²) in [5.41, 5.74) is 1.62. The highest BCUT2D eigenvalue weighted by molar-refractivity contribution is 8.00. The van der Waals surface area contributed by atoms with Gasteiger partial charge in [0.05, 0.1) is 5.75 Å². The average Bonchev–Trinajstić information content (AvgIpc) is 2.79. The number of thioether (sulfide) groups is 1. The smallest absolute Gasteiger partial charge is 0.234 e. The Morgan fingerprint density at radius 2 is 1.63 bits per heavy atom. The Balaban J connectivity index is 1.34. The monoisotopic (exact) mass is 418 g/mol. The molecule has 2 N–H and O–H groups in total. The minimum atomic E-state index is -0.0482. The third kappa shape index (κ3) is 5.22. The SMILES string of the molecule is O=C(CSc1cccc(NC(=O)C2CCCCC2)c1)Nc1cccc2ccccc12. The molecule has 0 bridgehead atoms. The van der Waals surface area contributed by atoms with E-state index in [1.54, 1.807) is 0 Å². The van der Waals surface area contributed by atoms with Crippen LogP contribution in [0.4, 0.5) is 11.4 Å². The molecule has 0 aliphatic heterocycles. The highest BCUT2D eigenvalue weighted by Crippen LogP contribution is 2.27. The molecule has 0 unspecified atom stereocenters. The summed E-state index contributed by atoms with van der Waals surface area (Å²) in [4.78, 5) is 25.9. The Kier molecular flexibility index (Phi) is 6.70. The summed E-state index contributed by atoms with van der Waals surface area (Å²) in [6, 6.07) is 21.6. The topological polar surface area (TPSA) is 58.2 Å². The Morgan fingerprint density at radius 3 is 2.50 bits per heavy atom. The number of rotatable bonds is 6. The van der Waals surface area contributed by atoms with Crippen LogP contribution in [0.1, 0.15) is 32.1 Å². The van der Waals surface area contributed by atoms with Crippen LogP contribution in [0.15, 0.2) is 71.6 Å². The van der Waals surface area contributed by atoms with Crippen molar-refractivity contribution in [1.82, 2.24) is 0 Å². The van der Waals surface area contributed by atoms with Crippen LogP contribution < -0.4 is 10.6 Å². The van der Waals surface area contributed by atoms with Crippen molar-refractivity contribution in [1.29, 1.82) is 0 Å². The number of hydrogen-bond acceptors (Lipinski definition) is 3. The average molecular weight is 419 g/mol. The predicted octanol–water partition coefficient (Wildman–Crippen LogP) is 6.09. The minimum Gasteiger partial charge on any atom is -0.326 e. The number of carbonyl (C=O) groups is 2. The zero-order chi connectivity index (χ0) is 20.8. The highest BCUT2D eigenvalue weighted by atomic mass is 32.2. The molecule has 154 valence electrons. The van der Waals surface area contributed by atoms with Gasteiger partial charge in [-0.05, 0) is 42.5 Å². The number of benzene rings is 3. The summed E-state index contributed by atoms with van der Waals surface area (Å²) in [7, 11) is 0. The van der Waals surface area contributed by atoms with E-state index in [0.717, 1.165) is 52.7 Å². The van der Waals surface area contributed by atoms with E-state index in [-0.39, 0.29) is 17.7 Å². The maximum Gasteiger partial charge on any atom is 0.234 e. The maximum atomic E-state index is 12.5. The first-order valence-electron chi connectivity index (χ1n) is 10.5. The molecule has 0 saturated heterocycles. The van der Waals surface area contributed by atoms with Gasteiger partial charge in [-0.1, -0.05) is 61.7 Å². The van der Waals surface area contributed by atoms with Gasteiger partial charge in [-0.25, -0.2) is 0 Å². The number of nitrogens with one attached hydrogen (secondary N) is 2. The zero-order valence-corrected chi connectivity index (χ0v) is 17.7. The first-order chi connectivity index (χ1) is 14.7. The summed E-state index contributed by atoms with van der Waals surface area (Å²) in [5.74, 6) is 0.503. The molecule has 1 aliphatic rings. The van der Waals surface area contributed by atoms with Gasteiger partial charge >= 0.3 is 0 Å². The molecule has 0 spiro atoms. The molecule has 0 radical (unpaired) electrons. The Morgan fingerprint density at radius 1 is 0.867 bits per heavy atom. The van der Waals surface area contributed by atoms with Crippen LogP contribution in [0, 0.1) is 5.92 Å². The van der Waals surface area contributed by atoms with Gasteiger partial charge in [0.15, 0.2) is 0 Å². The lowest BCUT2D eigenvalue weighted by atomic mass is 9.88. The first-order valence-corrected chi connectivity index (χ1v) is 11.5. The van der Waals surface area contributed by atoms with Gasteiger partial charge in [-0.2, -0.15) is 0 Å². The van der Waals surface area contributed by atoms with E-state index in [1.807, 2.05) is 66.7 Å². The molecule has 2 amide bonds. The summed E-state index contributed by atoms with van der Waals surface area (Å²) < 4.78 is 0. The summed E-state index contributed by atoms with van der Waals surface area (Å²) in [6.07, 6.45) is 5.47. The van der Waals surface area contributed by atoms with Crippen LogP contribution in [0.2, 0.25) is 0 Å². The van der Waals surface area contributed by atoms with Gasteiger partial charge in [0, 0.05) is 27.6 Å². The van der Waals surface area contributed by atoms with Crippen molar-refractivity contribution in [2.45, 2.75) is 37.0 Å². The van der Waals surface area contributed by atoms with Crippen molar-refractivity contribution in [3.8, 4) is 0 Å². The Labute approximate surface area is 181 Å². The van der Waals surface area contributed by atoms with Crippen LogP contribution in [0.5, 0.6) is 0 Å². The number of hydrogen-bond donors (Lipinski definition) is 2. The van der Waals surface area contributed by atoms with Crippen LogP contribution >= 0.6 is 11.8 Å². The van der Waals surface area contributed by atoms with Crippen LogP contribution in [-0.4, -0.2) is 17.6 Å². The molecule has 0 aromatic heterocycles. The molecule has 0 atom stereocenters. The second-order valence-corrected chi connectivity index (χ2v) is 8.76. The Bertz CT molecular complexity index is 1040. The van der Waals surface area contributed by atoms with Crippen molar-refractivity contribution in [3.05, 3.63) is 66.7 Å². The quantitative estimate of drug-likeness (QED) is 0.476. The van der Waals surface area contributed by atoms with Crippen molar-refractivity contribution in [2.75, 3.05) is 16.4 Å². The van der Waals surface area contributed by atoms with E-state index in [4.69, 9.17) is 0 Å². The number of anilines is 2. The molecular formula is C25H26N2O2S. The molecule has 5 heteroatoms. The molecule has 3 aromatic rings. The summed E-state index contributed by atoms with van der Waals surface area (Å²) in [6.45, 7) is 0. The standard InChI is InChI=1S/C25H26N2O2S/c28-24(27-23-15-6-11-18-8-4-5-14-22(18)23)17-30-21-13-7-12-20(16-21)26-25(29)19-9-2-1-3-10-19/h4-8,11-16,19H,1-3,9-10,17H2,(H,26,29)(H,27,28). The Hall–Kier alpha value is -2.79. The van der Waals surface area contributed by atoms with E-state index >= 15 is 0 Å². The van der Waals surface area contributed by atoms with E-state index in [0.29, 0.717) is 5.75 Å². The molecule has 1 saturated carbocycles. The van der Waals surface area contributed by atoms with Crippen LogP contribution in [0.25, 0.3) is 10.8 Å². The molecule has 4 rings (SSSR count). The lowest BCUT2D eigenvalue weighted by Gasteiger charge is -2.20. The third-order valence-electron chi connectivity index (χ3n) is 5.51. The number of amides is 2. The van der Waals surface area contributed by atoms with Crippen molar-refractivity contribution in [3.63, 3.8) is 0 Å². The van der Waals surface area contributed by atoms with E-state index in [9.17, 15) is 9.59 Å². The fourth-order valence-corrected chi connectivity index (χ4v) is 4.70. The largest absolute Gasteiger partial charge is 0.326 e.